The van der Waals surface area contributed by atoms with Crippen LogP contribution in [0.25, 0.3) is 0 Å². The van der Waals surface area contributed by atoms with Crippen LogP contribution in [0.1, 0.15) is 22.8 Å². The molecular formula is C19H17F2N3O3S2. The fourth-order valence-electron chi connectivity index (χ4n) is 2.85. The van der Waals surface area contributed by atoms with Gasteiger partial charge in [-0.3, -0.25) is 4.79 Å². The summed E-state index contributed by atoms with van der Waals surface area (Å²) in [5.41, 5.74) is 5.82. The molecule has 29 heavy (non-hydrogen) atoms. The van der Waals surface area contributed by atoms with Gasteiger partial charge in [-0.1, -0.05) is 6.07 Å². The number of halogens is 2. The highest BCUT2D eigenvalue weighted by Crippen LogP contribution is 2.29. The Hall–Kier alpha value is -2.85. The summed E-state index contributed by atoms with van der Waals surface area (Å²) in [5.74, 6) is -2.64. The number of hydrogen-bond acceptors (Lipinski definition) is 5. The van der Waals surface area contributed by atoms with Gasteiger partial charge in [-0.15, -0.1) is 11.3 Å². The minimum Gasteiger partial charge on any atom is -0.366 e. The molecule has 1 unspecified atom stereocenters. The summed E-state index contributed by atoms with van der Waals surface area (Å²) in [6.45, 7) is 1.65. The molecule has 2 N–H and O–H groups in total. The van der Waals surface area contributed by atoms with Gasteiger partial charge in [0, 0.05) is 23.2 Å². The molecule has 10 heteroatoms. The minimum absolute atomic E-state index is 0.0464. The summed E-state index contributed by atoms with van der Waals surface area (Å²) in [7, 11) is -4.04. The third-order valence-electron chi connectivity index (χ3n) is 4.22. The summed E-state index contributed by atoms with van der Waals surface area (Å²) in [5, 5.41) is 1.87. The maximum absolute atomic E-state index is 13.6. The van der Waals surface area contributed by atoms with Crippen molar-refractivity contribution in [2.75, 3.05) is 4.31 Å². The number of rotatable bonds is 7. The normalized spacial score (nSPS) is 12.5. The van der Waals surface area contributed by atoms with Crippen molar-refractivity contribution in [1.29, 1.82) is 0 Å². The van der Waals surface area contributed by atoms with E-state index in [2.05, 4.69) is 4.98 Å². The first-order valence-electron chi connectivity index (χ1n) is 8.48. The quantitative estimate of drug-likeness (QED) is 0.613. The standard InChI is InChI=1S/C19H17F2N3O3S2/c1-12(10-13-2-7-16(20)17(21)11-13)24(19-23-8-9-28-19)29(26,27)15-5-3-14(4-6-15)18(22)25/h2-9,11-12H,10H2,1H3,(H2,22,25). The molecule has 0 spiro atoms. The van der Waals surface area contributed by atoms with Crippen molar-refractivity contribution in [1.82, 2.24) is 4.98 Å². The van der Waals surface area contributed by atoms with Gasteiger partial charge in [0.1, 0.15) is 0 Å². The lowest BCUT2D eigenvalue weighted by Gasteiger charge is -2.28. The zero-order valence-corrected chi connectivity index (χ0v) is 16.9. The summed E-state index contributed by atoms with van der Waals surface area (Å²) in [6, 6.07) is 8.04. The molecule has 0 fully saturated rings. The second kappa shape index (κ2) is 8.26. The first-order valence-corrected chi connectivity index (χ1v) is 10.8. The maximum atomic E-state index is 13.6. The molecule has 3 rings (SSSR count). The number of thiazole rings is 1. The number of primary amides is 1. The molecule has 2 aromatic carbocycles. The van der Waals surface area contributed by atoms with E-state index in [4.69, 9.17) is 5.73 Å². The lowest BCUT2D eigenvalue weighted by Crippen LogP contribution is -2.40. The fourth-order valence-corrected chi connectivity index (χ4v) is 5.43. The molecule has 152 valence electrons. The van der Waals surface area contributed by atoms with Crippen LogP contribution in [0.4, 0.5) is 13.9 Å². The van der Waals surface area contributed by atoms with Gasteiger partial charge in [0.05, 0.1) is 4.90 Å². The number of carbonyl (C=O) groups is 1. The van der Waals surface area contributed by atoms with Crippen LogP contribution in [0.5, 0.6) is 0 Å². The maximum Gasteiger partial charge on any atom is 0.266 e. The van der Waals surface area contributed by atoms with Crippen LogP contribution >= 0.6 is 11.3 Å². The molecule has 3 aromatic rings. The molecule has 1 atom stereocenters. The molecule has 0 bridgehead atoms. The number of hydrogen-bond donors (Lipinski definition) is 1. The topological polar surface area (TPSA) is 93.4 Å². The molecular weight excluding hydrogens is 420 g/mol. The number of benzene rings is 2. The van der Waals surface area contributed by atoms with Gasteiger partial charge in [0.15, 0.2) is 16.8 Å². The van der Waals surface area contributed by atoms with Crippen molar-refractivity contribution in [2.45, 2.75) is 24.3 Å². The van der Waals surface area contributed by atoms with Crippen LogP contribution in [-0.2, 0) is 16.4 Å². The summed E-state index contributed by atoms with van der Waals surface area (Å²) in [4.78, 5) is 15.3. The Kier molecular flexibility index (Phi) is 5.94. The molecule has 0 aliphatic heterocycles. The van der Waals surface area contributed by atoms with Gasteiger partial charge < -0.3 is 5.73 Å². The summed E-state index contributed by atoms with van der Waals surface area (Å²) in [6.07, 6.45) is 1.61. The molecule has 0 saturated heterocycles. The van der Waals surface area contributed by atoms with Gasteiger partial charge in [-0.05, 0) is 55.3 Å². The average Bonchev–Trinajstić information content (AvgIpc) is 3.18. The third kappa shape index (κ3) is 4.43. The Bertz CT molecular complexity index is 1120. The highest BCUT2D eigenvalue weighted by atomic mass is 32.2. The molecule has 0 aliphatic rings. The fraction of sp³-hybridized carbons (Fsp3) is 0.158. The molecule has 0 saturated carbocycles. The van der Waals surface area contributed by atoms with Crippen LogP contribution in [0, 0.1) is 11.6 Å². The van der Waals surface area contributed by atoms with Crippen LogP contribution in [0.15, 0.2) is 58.9 Å². The van der Waals surface area contributed by atoms with Crippen LogP contribution in [0.2, 0.25) is 0 Å². The molecule has 6 nitrogen and oxygen atoms in total. The summed E-state index contributed by atoms with van der Waals surface area (Å²) >= 11 is 1.13. The first kappa shape index (κ1) is 20.9. The van der Waals surface area contributed by atoms with E-state index >= 15 is 0 Å². The monoisotopic (exact) mass is 437 g/mol. The largest absolute Gasteiger partial charge is 0.366 e. The van der Waals surface area contributed by atoms with Crippen molar-refractivity contribution >= 4 is 32.4 Å². The third-order valence-corrected chi connectivity index (χ3v) is 7.02. The van der Waals surface area contributed by atoms with Crippen molar-refractivity contribution in [3.8, 4) is 0 Å². The smallest absolute Gasteiger partial charge is 0.266 e. The highest BCUT2D eigenvalue weighted by molar-refractivity contribution is 7.93. The number of carbonyl (C=O) groups excluding carboxylic acids is 1. The van der Waals surface area contributed by atoms with Crippen molar-refractivity contribution in [2.24, 2.45) is 5.73 Å². The van der Waals surface area contributed by atoms with Gasteiger partial charge in [-0.25, -0.2) is 26.5 Å². The molecule has 1 aromatic heterocycles. The van der Waals surface area contributed by atoms with Crippen LogP contribution < -0.4 is 10.0 Å². The molecule has 0 aliphatic carbocycles. The number of amides is 1. The zero-order valence-electron chi connectivity index (χ0n) is 15.2. The van der Waals surface area contributed by atoms with Gasteiger partial charge in [0.25, 0.3) is 10.0 Å². The molecule has 1 heterocycles. The van der Waals surface area contributed by atoms with E-state index in [0.717, 1.165) is 27.8 Å². The van der Waals surface area contributed by atoms with E-state index < -0.39 is 33.6 Å². The Morgan fingerprint density at radius 3 is 2.41 bits per heavy atom. The lowest BCUT2D eigenvalue weighted by atomic mass is 10.1. The highest BCUT2D eigenvalue weighted by Gasteiger charge is 2.31. The van der Waals surface area contributed by atoms with Gasteiger partial charge in [0.2, 0.25) is 5.91 Å². The number of nitrogens with zero attached hydrogens (tertiary/aromatic N) is 2. The van der Waals surface area contributed by atoms with Crippen molar-refractivity contribution in [3.63, 3.8) is 0 Å². The lowest BCUT2D eigenvalue weighted by molar-refractivity contribution is 0.1000. The Balaban J connectivity index is 1.98. The number of nitrogens with two attached hydrogens (primary N) is 1. The van der Waals surface area contributed by atoms with E-state index in [1.165, 1.54) is 36.5 Å². The predicted octanol–water partition coefficient (Wildman–Crippen LogP) is 3.35. The Morgan fingerprint density at radius 2 is 1.86 bits per heavy atom. The molecule has 0 radical (unpaired) electrons. The van der Waals surface area contributed by atoms with E-state index in [9.17, 15) is 22.0 Å². The van der Waals surface area contributed by atoms with Crippen molar-refractivity contribution in [3.05, 3.63) is 76.8 Å². The number of sulfonamides is 1. The van der Waals surface area contributed by atoms with Gasteiger partial charge in [-0.2, -0.15) is 0 Å². The van der Waals surface area contributed by atoms with Crippen LogP contribution in [-0.4, -0.2) is 25.4 Å². The average molecular weight is 437 g/mol. The second-order valence-corrected chi connectivity index (χ2v) is 8.99. The Labute approximate surface area is 170 Å². The SMILES string of the molecule is CC(Cc1ccc(F)c(F)c1)N(c1nccs1)S(=O)(=O)c1ccc(C(N)=O)cc1. The van der Waals surface area contributed by atoms with Crippen molar-refractivity contribution < 1.29 is 22.0 Å². The van der Waals surface area contributed by atoms with Gasteiger partial charge >= 0.3 is 0 Å². The minimum atomic E-state index is -4.04. The predicted molar refractivity (Wildman–Crippen MR) is 106 cm³/mol. The van der Waals surface area contributed by atoms with Crippen LogP contribution in [0.3, 0.4) is 0 Å². The second-order valence-electron chi connectivity index (χ2n) is 6.31. The van der Waals surface area contributed by atoms with E-state index in [1.807, 2.05) is 0 Å². The van der Waals surface area contributed by atoms with E-state index in [-0.39, 0.29) is 22.0 Å². The summed E-state index contributed by atoms with van der Waals surface area (Å²) < 4.78 is 54.5. The Morgan fingerprint density at radius 1 is 1.17 bits per heavy atom. The van der Waals surface area contributed by atoms with E-state index in [1.54, 1.807) is 12.3 Å². The first-order chi connectivity index (χ1) is 13.7. The molecule has 1 amide bonds. The zero-order chi connectivity index (χ0) is 21.2. The van der Waals surface area contributed by atoms with E-state index in [0.29, 0.717) is 5.56 Å². The number of anilines is 1. The number of aromatic nitrogens is 1.